The minimum absolute atomic E-state index is 0.114. The second-order valence-electron chi connectivity index (χ2n) is 4.07. The molecule has 1 heterocycles. The van der Waals surface area contributed by atoms with Crippen molar-refractivity contribution in [3.63, 3.8) is 0 Å². The normalized spacial score (nSPS) is 11.5. The van der Waals surface area contributed by atoms with Gasteiger partial charge in [-0.15, -0.1) is 0 Å². The van der Waals surface area contributed by atoms with E-state index in [9.17, 15) is 17.6 Å². The van der Waals surface area contributed by atoms with Crippen LogP contribution in [0, 0.1) is 5.82 Å². The zero-order valence-corrected chi connectivity index (χ0v) is 11.6. The van der Waals surface area contributed by atoms with Gasteiger partial charge in [0.1, 0.15) is 16.8 Å². The first kappa shape index (κ1) is 15.5. The predicted octanol–water partition coefficient (Wildman–Crippen LogP) is 4.45. The third-order valence-corrected chi connectivity index (χ3v) is 2.86. The summed E-state index contributed by atoms with van der Waals surface area (Å²) in [6.07, 6.45) is -4.73. The van der Waals surface area contributed by atoms with Gasteiger partial charge in [-0.3, -0.25) is 0 Å². The lowest BCUT2D eigenvalue weighted by Crippen LogP contribution is -2.21. The van der Waals surface area contributed by atoms with Gasteiger partial charge in [0.2, 0.25) is 5.82 Å². The maximum Gasteiger partial charge on any atom is 0.451 e. The molecule has 0 aliphatic heterocycles. The third-order valence-electron chi connectivity index (χ3n) is 2.67. The summed E-state index contributed by atoms with van der Waals surface area (Å²) in [4.78, 5) is 7.87. The zero-order chi connectivity index (χ0) is 15.6. The van der Waals surface area contributed by atoms with Gasteiger partial charge >= 0.3 is 6.18 Å². The highest BCUT2D eigenvalue weighted by Gasteiger charge is 2.36. The van der Waals surface area contributed by atoms with Gasteiger partial charge in [0.05, 0.1) is 5.69 Å². The Morgan fingerprint density at radius 3 is 2.43 bits per heavy atom. The number of aromatic nitrogens is 2. The Morgan fingerprint density at radius 1 is 1.19 bits per heavy atom. The molecule has 0 amide bonds. The number of halogens is 5. The molecule has 21 heavy (non-hydrogen) atoms. The second-order valence-corrected chi connectivity index (χ2v) is 4.45. The Bertz CT molecular complexity index is 646. The van der Waals surface area contributed by atoms with Crippen LogP contribution in [0.5, 0.6) is 0 Å². The molecule has 0 saturated carbocycles. The fraction of sp³-hybridized carbons (Fsp3) is 0.231. The third kappa shape index (κ3) is 3.41. The molecule has 3 nitrogen and oxygen atoms in total. The van der Waals surface area contributed by atoms with E-state index in [1.165, 1.54) is 23.1 Å². The average Bonchev–Trinajstić information content (AvgIpc) is 2.40. The van der Waals surface area contributed by atoms with Crippen LogP contribution in [0.4, 0.5) is 29.1 Å². The molecule has 2 rings (SSSR count). The maximum atomic E-state index is 13.8. The lowest BCUT2D eigenvalue weighted by molar-refractivity contribution is -0.144. The van der Waals surface area contributed by atoms with Crippen LogP contribution in [0.15, 0.2) is 30.3 Å². The Kier molecular flexibility index (Phi) is 4.32. The lowest BCUT2D eigenvalue weighted by Gasteiger charge is -2.23. The molecule has 1 aromatic heterocycles. The van der Waals surface area contributed by atoms with Crippen molar-refractivity contribution in [2.24, 2.45) is 0 Å². The van der Waals surface area contributed by atoms with Crippen LogP contribution < -0.4 is 4.90 Å². The number of hydrogen-bond donors (Lipinski definition) is 0. The molecule has 0 spiro atoms. The van der Waals surface area contributed by atoms with Crippen molar-refractivity contribution < 1.29 is 17.6 Å². The Balaban J connectivity index is 2.53. The predicted molar refractivity (Wildman–Crippen MR) is 71.1 cm³/mol. The monoisotopic (exact) mass is 319 g/mol. The summed E-state index contributed by atoms with van der Waals surface area (Å²) in [6.45, 7) is 1.88. The highest BCUT2D eigenvalue weighted by Crippen LogP contribution is 2.32. The van der Waals surface area contributed by atoms with E-state index in [0.29, 0.717) is 0 Å². The smallest absolute Gasteiger partial charge is 0.324 e. The molecule has 0 aliphatic rings. The highest BCUT2D eigenvalue weighted by atomic mass is 35.5. The van der Waals surface area contributed by atoms with Crippen molar-refractivity contribution in [3.05, 3.63) is 47.1 Å². The number of para-hydroxylation sites is 1. The van der Waals surface area contributed by atoms with Crippen LogP contribution in [0.2, 0.25) is 5.15 Å². The molecule has 0 bridgehead atoms. The van der Waals surface area contributed by atoms with E-state index in [0.717, 1.165) is 6.07 Å². The van der Waals surface area contributed by atoms with Crippen molar-refractivity contribution in [1.82, 2.24) is 9.97 Å². The van der Waals surface area contributed by atoms with Gasteiger partial charge in [0.15, 0.2) is 0 Å². The summed E-state index contributed by atoms with van der Waals surface area (Å²) in [5.74, 6) is -2.04. The average molecular weight is 320 g/mol. The summed E-state index contributed by atoms with van der Waals surface area (Å²) in [7, 11) is 0. The van der Waals surface area contributed by atoms with E-state index in [1.54, 1.807) is 13.0 Å². The van der Waals surface area contributed by atoms with Crippen LogP contribution >= 0.6 is 11.6 Å². The number of rotatable bonds is 3. The largest absolute Gasteiger partial charge is 0.451 e. The number of nitrogens with zero attached hydrogens (tertiary/aromatic N) is 3. The zero-order valence-electron chi connectivity index (χ0n) is 10.8. The maximum absolute atomic E-state index is 13.8. The van der Waals surface area contributed by atoms with Gasteiger partial charge in [-0.1, -0.05) is 23.7 Å². The quantitative estimate of drug-likeness (QED) is 0.618. The first-order chi connectivity index (χ1) is 9.82. The summed E-state index contributed by atoms with van der Waals surface area (Å²) < 4.78 is 52.0. The van der Waals surface area contributed by atoms with E-state index < -0.39 is 17.8 Å². The molecule has 112 valence electrons. The molecular formula is C13H10ClF4N3. The number of hydrogen-bond acceptors (Lipinski definition) is 3. The van der Waals surface area contributed by atoms with Gasteiger partial charge < -0.3 is 4.90 Å². The fourth-order valence-electron chi connectivity index (χ4n) is 1.80. The Labute approximate surface area is 123 Å². The van der Waals surface area contributed by atoms with Crippen LogP contribution in [0.3, 0.4) is 0 Å². The van der Waals surface area contributed by atoms with E-state index in [2.05, 4.69) is 9.97 Å². The lowest BCUT2D eigenvalue weighted by atomic mass is 10.2. The number of anilines is 2. The van der Waals surface area contributed by atoms with E-state index in [1.807, 2.05) is 0 Å². The van der Waals surface area contributed by atoms with Crippen molar-refractivity contribution in [2.45, 2.75) is 13.1 Å². The second kappa shape index (κ2) is 5.85. The summed E-state index contributed by atoms with van der Waals surface area (Å²) >= 11 is 5.61. The van der Waals surface area contributed by atoms with Gasteiger partial charge in [-0.25, -0.2) is 14.4 Å². The van der Waals surface area contributed by atoms with E-state index in [-0.39, 0.29) is 23.2 Å². The van der Waals surface area contributed by atoms with Crippen LogP contribution in [-0.4, -0.2) is 16.5 Å². The number of alkyl halides is 3. The molecule has 0 radical (unpaired) electrons. The van der Waals surface area contributed by atoms with Crippen LogP contribution in [-0.2, 0) is 6.18 Å². The van der Waals surface area contributed by atoms with E-state index >= 15 is 0 Å². The topological polar surface area (TPSA) is 29.0 Å². The van der Waals surface area contributed by atoms with E-state index in [4.69, 9.17) is 11.6 Å². The summed E-state index contributed by atoms with van der Waals surface area (Å²) in [5, 5.41) is -0.359. The Hall–Kier alpha value is -1.89. The standard InChI is InChI=1S/C13H10ClF4N3/c1-2-21(9-6-4-3-5-8(9)15)11-7-10(14)19-12(20-11)13(16,17)18/h3-7H,2H2,1H3. The van der Waals surface area contributed by atoms with Crippen molar-refractivity contribution in [1.29, 1.82) is 0 Å². The molecular weight excluding hydrogens is 310 g/mol. The molecule has 0 atom stereocenters. The SMILES string of the molecule is CCN(c1cc(Cl)nc(C(F)(F)F)n1)c1ccccc1F. The van der Waals surface area contributed by atoms with Crippen molar-refractivity contribution >= 4 is 23.1 Å². The van der Waals surface area contributed by atoms with Gasteiger partial charge in [-0.05, 0) is 19.1 Å². The molecule has 0 unspecified atom stereocenters. The minimum Gasteiger partial charge on any atom is -0.324 e. The first-order valence-electron chi connectivity index (χ1n) is 5.96. The summed E-state index contributed by atoms with van der Waals surface area (Å²) in [5.41, 5.74) is 0.114. The number of benzene rings is 1. The highest BCUT2D eigenvalue weighted by molar-refractivity contribution is 6.29. The van der Waals surface area contributed by atoms with Crippen LogP contribution in [0.1, 0.15) is 12.7 Å². The molecule has 0 fully saturated rings. The molecule has 2 aromatic rings. The summed E-state index contributed by atoms with van der Waals surface area (Å²) in [6, 6.07) is 6.88. The first-order valence-corrected chi connectivity index (χ1v) is 6.34. The van der Waals surface area contributed by atoms with Crippen molar-refractivity contribution in [3.8, 4) is 0 Å². The molecule has 0 saturated heterocycles. The van der Waals surface area contributed by atoms with Gasteiger partial charge in [0, 0.05) is 12.6 Å². The molecule has 8 heteroatoms. The molecule has 0 N–H and O–H groups in total. The van der Waals surface area contributed by atoms with Gasteiger partial charge in [0.25, 0.3) is 0 Å². The molecule has 0 aliphatic carbocycles. The van der Waals surface area contributed by atoms with Crippen LogP contribution in [0.25, 0.3) is 0 Å². The fourth-order valence-corrected chi connectivity index (χ4v) is 1.97. The van der Waals surface area contributed by atoms with Crippen molar-refractivity contribution in [2.75, 3.05) is 11.4 Å². The minimum atomic E-state index is -4.73. The van der Waals surface area contributed by atoms with Gasteiger partial charge in [-0.2, -0.15) is 13.2 Å². The Morgan fingerprint density at radius 2 is 1.86 bits per heavy atom. The molecule has 1 aromatic carbocycles.